The quantitative estimate of drug-likeness (QED) is 0.585. The summed E-state index contributed by atoms with van der Waals surface area (Å²) < 4.78 is 10.1. The first-order valence-electron chi connectivity index (χ1n) is 8.98. The predicted molar refractivity (Wildman–Crippen MR) is 104 cm³/mol. The Morgan fingerprint density at radius 1 is 1.11 bits per heavy atom. The van der Waals surface area contributed by atoms with Crippen molar-refractivity contribution < 1.29 is 18.7 Å². The number of nitrogens with zero attached hydrogens (tertiary/aromatic N) is 2. The molecule has 3 rings (SSSR count). The molecule has 0 saturated heterocycles. The molecule has 0 fully saturated rings. The molecule has 0 spiro atoms. The highest BCUT2D eigenvalue weighted by atomic mass is 16.5. The Labute approximate surface area is 163 Å². The zero-order valence-corrected chi connectivity index (χ0v) is 15.9. The van der Waals surface area contributed by atoms with Gasteiger partial charge in [-0.05, 0) is 17.7 Å². The maximum Gasteiger partial charge on any atom is 0.310 e. The van der Waals surface area contributed by atoms with Crippen molar-refractivity contribution in [2.24, 2.45) is 5.92 Å². The predicted octanol–water partition coefficient (Wildman–Crippen LogP) is 3.79. The molecule has 0 saturated carbocycles. The summed E-state index contributed by atoms with van der Waals surface area (Å²) in [4.78, 5) is 30.6. The summed E-state index contributed by atoms with van der Waals surface area (Å²) in [7, 11) is 1.35. The van der Waals surface area contributed by atoms with Crippen molar-refractivity contribution in [3.8, 4) is 11.3 Å². The van der Waals surface area contributed by atoms with Gasteiger partial charge < -0.3 is 14.1 Å². The number of methoxy groups -OCH3 is 1. The number of aromatic nitrogens is 1. The van der Waals surface area contributed by atoms with Gasteiger partial charge in [0.25, 0.3) is 5.91 Å². The molecule has 0 aliphatic carbocycles. The maximum absolute atomic E-state index is 13.1. The molecule has 6 nitrogen and oxygen atoms in total. The Morgan fingerprint density at radius 2 is 1.82 bits per heavy atom. The number of ether oxygens (including phenoxy) is 1. The third-order valence-electron chi connectivity index (χ3n) is 4.45. The van der Waals surface area contributed by atoms with Crippen LogP contribution in [0.4, 0.5) is 0 Å². The molecule has 0 aliphatic rings. The SMILES string of the molecule is COC(=O)C(C)CN(Cc1ccccc1)C(=O)c1ccc(-c2cnco2)cc1. The van der Waals surface area contributed by atoms with E-state index in [0.29, 0.717) is 17.9 Å². The van der Waals surface area contributed by atoms with E-state index in [1.165, 1.54) is 13.5 Å². The Hall–Kier alpha value is -3.41. The van der Waals surface area contributed by atoms with Crippen LogP contribution < -0.4 is 0 Å². The number of esters is 1. The number of hydrogen-bond donors (Lipinski definition) is 0. The van der Waals surface area contributed by atoms with Gasteiger partial charge >= 0.3 is 5.97 Å². The second kappa shape index (κ2) is 8.99. The van der Waals surface area contributed by atoms with E-state index in [1.54, 1.807) is 30.2 Å². The highest BCUT2D eigenvalue weighted by Crippen LogP contribution is 2.20. The molecular weight excluding hydrogens is 356 g/mol. The summed E-state index contributed by atoms with van der Waals surface area (Å²) in [5.74, 6) is -0.277. The van der Waals surface area contributed by atoms with Crippen molar-refractivity contribution in [2.45, 2.75) is 13.5 Å². The Bertz CT molecular complexity index is 905. The lowest BCUT2D eigenvalue weighted by Crippen LogP contribution is -2.36. The van der Waals surface area contributed by atoms with Crippen molar-refractivity contribution in [3.63, 3.8) is 0 Å². The summed E-state index contributed by atoms with van der Waals surface area (Å²) in [5.41, 5.74) is 2.37. The van der Waals surface area contributed by atoms with E-state index >= 15 is 0 Å². The average Bonchev–Trinajstić information content (AvgIpc) is 3.28. The van der Waals surface area contributed by atoms with E-state index in [2.05, 4.69) is 4.98 Å². The van der Waals surface area contributed by atoms with E-state index in [9.17, 15) is 9.59 Å². The highest BCUT2D eigenvalue weighted by molar-refractivity contribution is 5.95. The van der Waals surface area contributed by atoms with Crippen LogP contribution in [-0.4, -0.2) is 35.4 Å². The number of amides is 1. The highest BCUT2D eigenvalue weighted by Gasteiger charge is 2.23. The number of rotatable bonds is 7. The standard InChI is InChI=1S/C22H22N2O4/c1-16(22(26)27-2)13-24(14-17-6-4-3-5-7-17)21(25)19-10-8-18(9-11-19)20-12-23-15-28-20/h3-12,15-16H,13-14H2,1-2H3. The van der Waals surface area contributed by atoms with E-state index in [1.807, 2.05) is 42.5 Å². The van der Waals surface area contributed by atoms with Crippen molar-refractivity contribution in [1.29, 1.82) is 0 Å². The van der Waals surface area contributed by atoms with Crippen LogP contribution >= 0.6 is 0 Å². The van der Waals surface area contributed by atoms with Crippen molar-refractivity contribution in [3.05, 3.63) is 78.3 Å². The lowest BCUT2D eigenvalue weighted by atomic mass is 10.1. The van der Waals surface area contributed by atoms with Crippen LogP contribution in [0.3, 0.4) is 0 Å². The average molecular weight is 378 g/mol. The molecule has 1 amide bonds. The van der Waals surface area contributed by atoms with Gasteiger partial charge in [0.1, 0.15) is 0 Å². The van der Waals surface area contributed by atoms with Crippen molar-refractivity contribution in [1.82, 2.24) is 9.88 Å². The van der Waals surface area contributed by atoms with Crippen molar-refractivity contribution in [2.75, 3.05) is 13.7 Å². The van der Waals surface area contributed by atoms with E-state index in [0.717, 1.165) is 11.1 Å². The molecule has 6 heteroatoms. The molecule has 1 atom stereocenters. The molecule has 1 unspecified atom stereocenters. The number of hydrogen-bond acceptors (Lipinski definition) is 5. The number of benzene rings is 2. The second-order valence-electron chi connectivity index (χ2n) is 6.54. The van der Waals surface area contributed by atoms with Crippen LogP contribution in [0, 0.1) is 5.92 Å². The fraction of sp³-hybridized carbons (Fsp3) is 0.227. The minimum absolute atomic E-state index is 0.149. The lowest BCUT2D eigenvalue weighted by molar-refractivity contribution is -0.145. The molecule has 0 bridgehead atoms. The normalized spacial score (nSPS) is 11.6. The largest absolute Gasteiger partial charge is 0.469 e. The molecule has 3 aromatic rings. The fourth-order valence-electron chi connectivity index (χ4n) is 2.95. The summed E-state index contributed by atoms with van der Waals surface area (Å²) in [6.07, 6.45) is 2.99. The van der Waals surface area contributed by atoms with Crippen LogP contribution in [0.1, 0.15) is 22.8 Å². The van der Waals surface area contributed by atoms with Crippen LogP contribution in [-0.2, 0) is 16.1 Å². The van der Waals surface area contributed by atoms with Gasteiger partial charge in [0.15, 0.2) is 12.2 Å². The first-order chi connectivity index (χ1) is 13.6. The smallest absolute Gasteiger partial charge is 0.310 e. The zero-order valence-electron chi connectivity index (χ0n) is 15.9. The molecule has 0 aliphatic heterocycles. The first kappa shape index (κ1) is 19.4. The Morgan fingerprint density at radius 3 is 2.43 bits per heavy atom. The summed E-state index contributed by atoms with van der Waals surface area (Å²) >= 11 is 0. The van der Waals surface area contributed by atoms with E-state index in [4.69, 9.17) is 9.15 Å². The monoisotopic (exact) mass is 378 g/mol. The topological polar surface area (TPSA) is 72.6 Å². The van der Waals surface area contributed by atoms with E-state index < -0.39 is 5.92 Å². The zero-order chi connectivity index (χ0) is 19.9. The van der Waals surface area contributed by atoms with Crippen LogP contribution in [0.15, 0.2) is 71.6 Å². The van der Waals surface area contributed by atoms with Crippen molar-refractivity contribution >= 4 is 11.9 Å². The van der Waals surface area contributed by atoms with Gasteiger partial charge in [0, 0.05) is 24.2 Å². The van der Waals surface area contributed by atoms with Gasteiger partial charge in [-0.15, -0.1) is 0 Å². The summed E-state index contributed by atoms with van der Waals surface area (Å²) in [5, 5.41) is 0. The molecule has 2 aromatic carbocycles. The Balaban J connectivity index is 1.81. The van der Waals surface area contributed by atoms with Gasteiger partial charge in [-0.1, -0.05) is 49.4 Å². The van der Waals surface area contributed by atoms with E-state index in [-0.39, 0.29) is 18.4 Å². The van der Waals surface area contributed by atoms with Gasteiger partial charge in [-0.25, -0.2) is 4.98 Å². The van der Waals surface area contributed by atoms with Gasteiger partial charge in [0.05, 0.1) is 19.2 Å². The van der Waals surface area contributed by atoms with Crippen LogP contribution in [0.5, 0.6) is 0 Å². The second-order valence-corrected chi connectivity index (χ2v) is 6.54. The third-order valence-corrected chi connectivity index (χ3v) is 4.45. The Kier molecular flexibility index (Phi) is 6.22. The van der Waals surface area contributed by atoms with Gasteiger partial charge in [-0.3, -0.25) is 9.59 Å². The first-order valence-corrected chi connectivity index (χ1v) is 8.98. The van der Waals surface area contributed by atoms with Gasteiger partial charge in [0.2, 0.25) is 0 Å². The molecule has 144 valence electrons. The summed E-state index contributed by atoms with van der Waals surface area (Å²) in [6.45, 7) is 2.43. The lowest BCUT2D eigenvalue weighted by Gasteiger charge is -2.25. The molecule has 28 heavy (non-hydrogen) atoms. The van der Waals surface area contributed by atoms with Crippen LogP contribution in [0.25, 0.3) is 11.3 Å². The molecule has 1 heterocycles. The third kappa shape index (κ3) is 4.65. The fourth-order valence-corrected chi connectivity index (χ4v) is 2.95. The molecule has 0 radical (unpaired) electrons. The number of carbonyl (C=O) groups excluding carboxylic acids is 2. The molecular formula is C22H22N2O4. The molecule has 0 N–H and O–H groups in total. The van der Waals surface area contributed by atoms with Crippen LogP contribution in [0.2, 0.25) is 0 Å². The minimum atomic E-state index is -0.425. The number of carbonyl (C=O) groups is 2. The minimum Gasteiger partial charge on any atom is -0.469 e. The number of oxazole rings is 1. The molecule has 1 aromatic heterocycles. The van der Waals surface area contributed by atoms with Gasteiger partial charge in [-0.2, -0.15) is 0 Å². The summed E-state index contributed by atoms with van der Waals surface area (Å²) in [6, 6.07) is 16.8. The maximum atomic E-state index is 13.1.